The molecule has 1 fully saturated rings. The highest BCUT2D eigenvalue weighted by atomic mass is 16.5. The van der Waals surface area contributed by atoms with E-state index in [9.17, 15) is 4.79 Å². The average molecular weight is 454 g/mol. The highest BCUT2D eigenvalue weighted by Gasteiger charge is 2.18. The molecule has 3 aromatic heterocycles. The number of morpholine rings is 1. The average Bonchev–Trinajstić information content (AvgIpc) is 3.50. The number of fused-ring (bicyclic) bond motifs is 2. The molecule has 0 spiro atoms. The van der Waals surface area contributed by atoms with Crippen molar-refractivity contribution in [1.82, 2.24) is 35.0 Å². The number of hydrogen-bond acceptors (Lipinski definition) is 7. The van der Waals surface area contributed by atoms with E-state index in [0.29, 0.717) is 33.8 Å². The van der Waals surface area contributed by atoms with E-state index in [4.69, 9.17) is 9.72 Å². The molecule has 0 saturated carbocycles. The summed E-state index contributed by atoms with van der Waals surface area (Å²) in [4.78, 5) is 32.1. The lowest BCUT2D eigenvalue weighted by molar-refractivity contribution is 0.0342. The van der Waals surface area contributed by atoms with Gasteiger partial charge in [-0.2, -0.15) is 5.10 Å². The molecule has 0 unspecified atom stereocenters. The Morgan fingerprint density at radius 2 is 1.97 bits per heavy atom. The fraction of sp³-hybridized carbons (Fsp3) is 0.208. The van der Waals surface area contributed by atoms with Crippen molar-refractivity contribution in [3.8, 4) is 11.5 Å². The number of ether oxygens (including phenoxy) is 1. The van der Waals surface area contributed by atoms with Gasteiger partial charge in [0.1, 0.15) is 11.2 Å². The van der Waals surface area contributed by atoms with Crippen LogP contribution in [0.25, 0.3) is 33.6 Å². The van der Waals surface area contributed by atoms with Gasteiger partial charge in [0, 0.05) is 32.0 Å². The normalized spacial score (nSPS) is 14.6. The van der Waals surface area contributed by atoms with Gasteiger partial charge in [0.25, 0.3) is 5.91 Å². The van der Waals surface area contributed by atoms with Crippen molar-refractivity contribution in [3.63, 3.8) is 0 Å². The number of anilines is 1. The molecule has 170 valence electrons. The van der Waals surface area contributed by atoms with E-state index in [-0.39, 0.29) is 5.91 Å². The van der Waals surface area contributed by atoms with Crippen molar-refractivity contribution in [2.24, 2.45) is 0 Å². The third-order valence-electron chi connectivity index (χ3n) is 5.92. The molecule has 2 aromatic carbocycles. The van der Waals surface area contributed by atoms with E-state index in [1.54, 1.807) is 30.7 Å². The second-order valence-electron chi connectivity index (χ2n) is 8.17. The van der Waals surface area contributed by atoms with Gasteiger partial charge in [0.05, 0.1) is 47.2 Å². The van der Waals surface area contributed by atoms with Crippen LogP contribution in [0, 0.1) is 0 Å². The number of H-pyrrole nitrogens is 2. The van der Waals surface area contributed by atoms with Crippen LogP contribution in [0.3, 0.4) is 0 Å². The Kier molecular flexibility index (Phi) is 5.21. The van der Waals surface area contributed by atoms with E-state index in [2.05, 4.69) is 47.5 Å². The van der Waals surface area contributed by atoms with E-state index < -0.39 is 0 Å². The number of rotatable bonds is 5. The van der Waals surface area contributed by atoms with Gasteiger partial charge in [-0.05, 0) is 29.8 Å². The van der Waals surface area contributed by atoms with Crippen LogP contribution >= 0.6 is 0 Å². The zero-order chi connectivity index (χ0) is 22.9. The number of para-hydroxylation sites is 1. The molecular weight excluding hydrogens is 432 g/mol. The van der Waals surface area contributed by atoms with Crippen LogP contribution in [0.5, 0.6) is 0 Å². The highest BCUT2D eigenvalue weighted by Crippen LogP contribution is 2.27. The van der Waals surface area contributed by atoms with Gasteiger partial charge in [-0.25, -0.2) is 4.98 Å². The Hall–Kier alpha value is -4.15. The predicted molar refractivity (Wildman–Crippen MR) is 127 cm³/mol. The Balaban J connectivity index is 1.26. The fourth-order valence-corrected chi connectivity index (χ4v) is 4.22. The molecular formula is C24H22N8O2. The van der Waals surface area contributed by atoms with E-state index >= 15 is 0 Å². The lowest BCUT2D eigenvalue weighted by atomic mass is 10.1. The van der Waals surface area contributed by atoms with Crippen molar-refractivity contribution in [3.05, 3.63) is 66.1 Å². The minimum Gasteiger partial charge on any atom is -0.379 e. The molecule has 10 heteroatoms. The van der Waals surface area contributed by atoms with Crippen molar-refractivity contribution < 1.29 is 9.53 Å². The van der Waals surface area contributed by atoms with Crippen LogP contribution in [-0.2, 0) is 11.3 Å². The number of carbonyl (C=O) groups is 1. The summed E-state index contributed by atoms with van der Waals surface area (Å²) in [5.74, 6) is 0.307. The van der Waals surface area contributed by atoms with Crippen LogP contribution in [-0.4, -0.2) is 67.2 Å². The number of amides is 1. The van der Waals surface area contributed by atoms with Crippen LogP contribution in [0.15, 0.2) is 55.0 Å². The molecule has 0 radical (unpaired) electrons. The van der Waals surface area contributed by atoms with Crippen molar-refractivity contribution in [2.75, 3.05) is 31.6 Å². The summed E-state index contributed by atoms with van der Waals surface area (Å²) in [5.41, 5.74) is 5.75. The third-order valence-corrected chi connectivity index (χ3v) is 5.92. The zero-order valence-corrected chi connectivity index (χ0v) is 18.3. The standard InChI is InChI=1S/C24H22N8O2/c33-24(16-2-1-3-18-21(16)26-7-6-25-18)30-20-13-27-31-22(20)23-28-17-5-4-15(12-19(17)29-23)14-32-8-10-34-11-9-32/h1-7,12-13H,8-11,14H2,(H,27,31)(H,28,29)(H,30,33). The summed E-state index contributed by atoms with van der Waals surface area (Å²) in [6.07, 6.45) is 4.75. The Labute approximate surface area is 194 Å². The minimum absolute atomic E-state index is 0.294. The van der Waals surface area contributed by atoms with Crippen LogP contribution < -0.4 is 5.32 Å². The monoisotopic (exact) mass is 454 g/mol. The number of carbonyl (C=O) groups excluding carboxylic acids is 1. The molecule has 34 heavy (non-hydrogen) atoms. The molecule has 0 atom stereocenters. The number of hydrogen-bond donors (Lipinski definition) is 3. The molecule has 1 amide bonds. The van der Waals surface area contributed by atoms with E-state index in [1.165, 1.54) is 5.56 Å². The quantitative estimate of drug-likeness (QED) is 0.373. The SMILES string of the molecule is O=C(Nc1cn[nH]c1-c1nc2ccc(CN3CCOCC3)cc2[nH]1)c1cccc2nccnc12. The second kappa shape index (κ2) is 8.65. The maximum Gasteiger partial charge on any atom is 0.258 e. The van der Waals surface area contributed by atoms with Gasteiger partial charge in [-0.3, -0.25) is 24.8 Å². The highest BCUT2D eigenvalue weighted by molar-refractivity contribution is 6.12. The first-order valence-electron chi connectivity index (χ1n) is 11.1. The third kappa shape index (κ3) is 3.89. The number of aromatic nitrogens is 6. The number of benzene rings is 2. The van der Waals surface area contributed by atoms with Gasteiger partial charge in [0.2, 0.25) is 0 Å². The van der Waals surface area contributed by atoms with Crippen LogP contribution in [0.4, 0.5) is 5.69 Å². The van der Waals surface area contributed by atoms with Gasteiger partial charge >= 0.3 is 0 Å². The zero-order valence-electron chi connectivity index (χ0n) is 18.3. The van der Waals surface area contributed by atoms with E-state index in [0.717, 1.165) is 43.9 Å². The first-order chi connectivity index (χ1) is 16.7. The molecule has 5 aromatic rings. The van der Waals surface area contributed by atoms with Gasteiger partial charge in [0.15, 0.2) is 5.82 Å². The number of nitrogens with one attached hydrogen (secondary N) is 3. The largest absolute Gasteiger partial charge is 0.379 e. The summed E-state index contributed by atoms with van der Waals surface area (Å²) in [7, 11) is 0. The van der Waals surface area contributed by atoms with Gasteiger partial charge in [-0.1, -0.05) is 12.1 Å². The van der Waals surface area contributed by atoms with Gasteiger partial charge in [-0.15, -0.1) is 0 Å². The Bertz CT molecular complexity index is 1480. The first-order valence-corrected chi connectivity index (χ1v) is 11.1. The lowest BCUT2D eigenvalue weighted by Gasteiger charge is -2.26. The summed E-state index contributed by atoms with van der Waals surface area (Å²) in [6, 6.07) is 11.6. The Morgan fingerprint density at radius 3 is 2.88 bits per heavy atom. The summed E-state index contributed by atoms with van der Waals surface area (Å²) in [6.45, 7) is 4.29. The second-order valence-corrected chi connectivity index (χ2v) is 8.17. The number of nitrogens with zero attached hydrogens (tertiary/aromatic N) is 5. The van der Waals surface area contributed by atoms with Crippen molar-refractivity contribution in [2.45, 2.75) is 6.54 Å². The maximum atomic E-state index is 13.1. The molecule has 3 N–H and O–H groups in total. The number of imidazole rings is 1. The molecule has 1 aliphatic heterocycles. The first kappa shape index (κ1) is 20.5. The van der Waals surface area contributed by atoms with Crippen LogP contribution in [0.2, 0.25) is 0 Å². The predicted octanol–water partition coefficient (Wildman–Crippen LogP) is 2.98. The summed E-state index contributed by atoms with van der Waals surface area (Å²) in [5, 5.41) is 10.0. The van der Waals surface area contributed by atoms with Gasteiger partial charge < -0.3 is 15.0 Å². The van der Waals surface area contributed by atoms with Crippen molar-refractivity contribution in [1.29, 1.82) is 0 Å². The molecule has 0 aliphatic carbocycles. The smallest absolute Gasteiger partial charge is 0.258 e. The van der Waals surface area contributed by atoms with Crippen molar-refractivity contribution >= 4 is 33.7 Å². The molecule has 1 aliphatic rings. The molecule has 10 nitrogen and oxygen atoms in total. The summed E-state index contributed by atoms with van der Waals surface area (Å²) < 4.78 is 5.44. The number of aromatic amines is 2. The van der Waals surface area contributed by atoms with Crippen LogP contribution in [0.1, 0.15) is 15.9 Å². The molecule has 1 saturated heterocycles. The summed E-state index contributed by atoms with van der Waals surface area (Å²) >= 11 is 0. The lowest BCUT2D eigenvalue weighted by Crippen LogP contribution is -2.35. The minimum atomic E-state index is -0.294. The maximum absolute atomic E-state index is 13.1. The van der Waals surface area contributed by atoms with E-state index in [1.807, 2.05) is 12.1 Å². The fourth-order valence-electron chi connectivity index (χ4n) is 4.22. The molecule has 0 bridgehead atoms. The topological polar surface area (TPSA) is 125 Å². The molecule has 6 rings (SSSR count). The molecule has 4 heterocycles. The Morgan fingerprint density at radius 1 is 1.09 bits per heavy atom.